The van der Waals surface area contributed by atoms with Gasteiger partial charge in [0.15, 0.2) is 0 Å². The van der Waals surface area contributed by atoms with Crippen molar-refractivity contribution in [3.8, 4) is 5.75 Å². The molecule has 150 valence electrons. The quantitative estimate of drug-likeness (QED) is 0.453. The zero-order valence-electron chi connectivity index (χ0n) is 15.7. The predicted molar refractivity (Wildman–Crippen MR) is 105 cm³/mol. The molecule has 2 aromatic rings. The van der Waals surface area contributed by atoms with E-state index in [-0.39, 0.29) is 30.1 Å². The molecular weight excluding hydrogens is 376 g/mol. The lowest BCUT2D eigenvalue weighted by atomic mass is 10.1. The van der Waals surface area contributed by atoms with Crippen molar-refractivity contribution in [2.24, 2.45) is 11.0 Å². The number of hydrogen-bond acceptors (Lipinski definition) is 6. The normalized spacial score (nSPS) is 16.4. The van der Waals surface area contributed by atoms with E-state index in [1.165, 1.54) is 0 Å². The number of nitro benzene ring substituents is 1. The first-order valence-corrected chi connectivity index (χ1v) is 9.06. The minimum Gasteiger partial charge on any atom is -0.872 e. The zero-order chi connectivity index (χ0) is 21.0. The summed E-state index contributed by atoms with van der Waals surface area (Å²) in [6, 6.07) is 10.8. The summed E-state index contributed by atoms with van der Waals surface area (Å²) in [5.74, 6) is -1.65. The molecule has 1 aliphatic heterocycles. The Labute approximate surface area is 166 Å². The van der Waals surface area contributed by atoms with Crippen molar-refractivity contribution in [1.82, 2.24) is 5.43 Å². The van der Waals surface area contributed by atoms with E-state index in [4.69, 9.17) is 0 Å². The number of nitro groups is 1. The number of nitrogens with zero attached hydrogens (tertiary/aromatic N) is 3. The second kappa shape index (κ2) is 8.51. The van der Waals surface area contributed by atoms with Crippen LogP contribution in [0.4, 0.5) is 11.4 Å². The Balaban J connectivity index is 1.63. The van der Waals surface area contributed by atoms with E-state index < -0.39 is 22.5 Å². The summed E-state index contributed by atoms with van der Waals surface area (Å²) in [7, 11) is 0. The van der Waals surface area contributed by atoms with Crippen LogP contribution in [0.15, 0.2) is 47.6 Å². The van der Waals surface area contributed by atoms with Crippen LogP contribution in [-0.4, -0.2) is 29.5 Å². The minimum absolute atomic E-state index is 0.0142. The summed E-state index contributed by atoms with van der Waals surface area (Å²) >= 11 is 0. The highest BCUT2D eigenvalue weighted by Crippen LogP contribution is 2.25. The highest BCUT2D eigenvalue weighted by molar-refractivity contribution is 6.00. The van der Waals surface area contributed by atoms with Crippen LogP contribution in [0.5, 0.6) is 5.75 Å². The second-order valence-electron chi connectivity index (χ2n) is 6.64. The number of hydrazone groups is 1. The SMILES string of the molecule is CCc1ccc(N2C[C@@H](C(=O)N/N=C\c3cc([N+](=O)[O-])ccc3[O-])CC2=O)cc1. The molecule has 9 heteroatoms. The average molecular weight is 395 g/mol. The monoisotopic (exact) mass is 395 g/mol. The van der Waals surface area contributed by atoms with Crippen molar-refractivity contribution in [3.05, 3.63) is 63.7 Å². The first-order chi connectivity index (χ1) is 13.9. The first-order valence-electron chi connectivity index (χ1n) is 9.06. The Kier molecular flexibility index (Phi) is 5.87. The van der Waals surface area contributed by atoms with Gasteiger partial charge in [0.05, 0.1) is 17.1 Å². The number of aryl methyl sites for hydroxylation is 1. The van der Waals surface area contributed by atoms with Crippen LogP contribution in [-0.2, 0) is 16.0 Å². The van der Waals surface area contributed by atoms with Gasteiger partial charge in [0.1, 0.15) is 0 Å². The number of rotatable bonds is 6. The molecule has 0 unspecified atom stereocenters. The number of nitrogens with one attached hydrogen (secondary N) is 1. The van der Waals surface area contributed by atoms with Gasteiger partial charge in [-0.05, 0) is 29.7 Å². The van der Waals surface area contributed by atoms with Gasteiger partial charge >= 0.3 is 0 Å². The molecule has 1 fully saturated rings. The van der Waals surface area contributed by atoms with Gasteiger partial charge in [-0.2, -0.15) is 5.10 Å². The van der Waals surface area contributed by atoms with Crippen molar-refractivity contribution < 1.29 is 19.6 Å². The maximum Gasteiger partial charge on any atom is 0.270 e. The molecule has 2 amide bonds. The Morgan fingerprint density at radius 1 is 1.31 bits per heavy atom. The van der Waals surface area contributed by atoms with Crippen molar-refractivity contribution in [2.75, 3.05) is 11.4 Å². The van der Waals surface area contributed by atoms with Gasteiger partial charge in [0, 0.05) is 30.8 Å². The van der Waals surface area contributed by atoms with E-state index in [2.05, 4.69) is 10.5 Å². The Hall–Kier alpha value is -3.75. The third-order valence-electron chi connectivity index (χ3n) is 4.73. The molecule has 1 N–H and O–H groups in total. The fraction of sp³-hybridized carbons (Fsp3) is 0.250. The minimum atomic E-state index is -0.624. The first kappa shape index (κ1) is 20.0. The molecular formula is C20H19N4O5-. The number of carbonyl (C=O) groups excluding carboxylic acids is 2. The second-order valence-corrected chi connectivity index (χ2v) is 6.64. The number of benzene rings is 2. The lowest BCUT2D eigenvalue weighted by molar-refractivity contribution is -0.385. The van der Waals surface area contributed by atoms with Crippen molar-refractivity contribution >= 4 is 29.4 Å². The van der Waals surface area contributed by atoms with Crippen LogP contribution in [0, 0.1) is 16.0 Å². The molecule has 1 heterocycles. The molecule has 0 saturated carbocycles. The van der Waals surface area contributed by atoms with Crippen molar-refractivity contribution in [2.45, 2.75) is 19.8 Å². The van der Waals surface area contributed by atoms with Gasteiger partial charge in [-0.15, -0.1) is 0 Å². The summed E-state index contributed by atoms with van der Waals surface area (Å²) in [6.07, 6.45) is 2.01. The number of anilines is 1. The van der Waals surface area contributed by atoms with E-state index >= 15 is 0 Å². The molecule has 0 radical (unpaired) electrons. The highest BCUT2D eigenvalue weighted by Gasteiger charge is 2.35. The van der Waals surface area contributed by atoms with Crippen LogP contribution >= 0.6 is 0 Å². The molecule has 3 rings (SSSR count). The van der Waals surface area contributed by atoms with Crippen LogP contribution < -0.4 is 15.4 Å². The summed E-state index contributed by atoms with van der Waals surface area (Å²) < 4.78 is 0. The van der Waals surface area contributed by atoms with Gasteiger partial charge < -0.3 is 10.0 Å². The van der Waals surface area contributed by atoms with Gasteiger partial charge in [-0.3, -0.25) is 19.7 Å². The number of non-ortho nitro benzene ring substituents is 1. The average Bonchev–Trinajstić information content (AvgIpc) is 3.11. The third kappa shape index (κ3) is 4.57. The molecule has 0 aromatic heterocycles. The summed E-state index contributed by atoms with van der Waals surface area (Å²) in [6.45, 7) is 2.27. The Morgan fingerprint density at radius 3 is 2.69 bits per heavy atom. The summed E-state index contributed by atoms with van der Waals surface area (Å²) in [5, 5.41) is 26.2. The van der Waals surface area contributed by atoms with Crippen molar-refractivity contribution in [1.29, 1.82) is 0 Å². The van der Waals surface area contributed by atoms with E-state index in [1.54, 1.807) is 4.90 Å². The topological polar surface area (TPSA) is 128 Å². The molecule has 0 bridgehead atoms. The van der Waals surface area contributed by atoms with Crippen LogP contribution in [0.25, 0.3) is 0 Å². The molecule has 29 heavy (non-hydrogen) atoms. The van der Waals surface area contributed by atoms with Crippen LogP contribution in [0.2, 0.25) is 0 Å². The van der Waals surface area contributed by atoms with Crippen molar-refractivity contribution in [3.63, 3.8) is 0 Å². The molecule has 9 nitrogen and oxygen atoms in total. The third-order valence-corrected chi connectivity index (χ3v) is 4.73. The standard InChI is InChI=1S/C20H20N4O5/c1-2-13-3-5-16(6-4-13)23-12-15(10-19(23)26)20(27)22-21-11-14-9-17(24(28)29)7-8-18(14)25/h3-9,11,15,25H,2,10,12H2,1H3,(H,22,27)/p-1/b21-11-/t15-/m0/s1. The van der Waals surface area contributed by atoms with Crippen LogP contribution in [0.3, 0.4) is 0 Å². The smallest absolute Gasteiger partial charge is 0.270 e. The molecule has 0 spiro atoms. The number of hydrogen-bond donors (Lipinski definition) is 1. The molecule has 0 aliphatic carbocycles. The summed E-state index contributed by atoms with van der Waals surface area (Å²) in [5.41, 5.74) is 3.93. The van der Waals surface area contributed by atoms with Gasteiger partial charge in [-0.25, -0.2) is 5.43 Å². The van der Waals surface area contributed by atoms with Gasteiger partial charge in [0.2, 0.25) is 11.8 Å². The fourth-order valence-corrected chi connectivity index (χ4v) is 3.05. The lowest BCUT2D eigenvalue weighted by Gasteiger charge is -2.16. The highest BCUT2D eigenvalue weighted by atomic mass is 16.6. The zero-order valence-corrected chi connectivity index (χ0v) is 15.7. The van der Waals surface area contributed by atoms with Crippen LogP contribution in [0.1, 0.15) is 24.5 Å². The van der Waals surface area contributed by atoms with Gasteiger partial charge in [0.25, 0.3) is 5.69 Å². The molecule has 2 aromatic carbocycles. The Morgan fingerprint density at radius 2 is 2.03 bits per heavy atom. The van der Waals surface area contributed by atoms with E-state index in [0.717, 1.165) is 42.1 Å². The molecule has 1 aliphatic rings. The molecule has 1 saturated heterocycles. The fourth-order valence-electron chi connectivity index (χ4n) is 3.05. The maximum atomic E-state index is 12.3. The predicted octanol–water partition coefficient (Wildman–Crippen LogP) is 1.73. The maximum absolute atomic E-state index is 12.3. The largest absolute Gasteiger partial charge is 0.872 e. The van der Waals surface area contributed by atoms with E-state index in [0.29, 0.717) is 0 Å². The Bertz CT molecular complexity index is 971. The summed E-state index contributed by atoms with van der Waals surface area (Å²) in [4.78, 5) is 36.3. The number of amides is 2. The molecule has 1 atom stereocenters. The number of carbonyl (C=O) groups is 2. The lowest BCUT2D eigenvalue weighted by Crippen LogP contribution is -2.30. The van der Waals surface area contributed by atoms with E-state index in [9.17, 15) is 24.8 Å². The van der Waals surface area contributed by atoms with Gasteiger partial charge in [-0.1, -0.05) is 30.9 Å². The van der Waals surface area contributed by atoms with E-state index in [1.807, 2.05) is 31.2 Å².